The highest BCUT2D eigenvalue weighted by Crippen LogP contribution is 2.39. The molecule has 0 saturated carbocycles. The van der Waals surface area contributed by atoms with Gasteiger partial charge in [0.05, 0.1) is 17.5 Å². The molecule has 1 unspecified atom stereocenters. The van der Waals surface area contributed by atoms with Crippen molar-refractivity contribution in [2.45, 2.75) is 32.6 Å². The first-order chi connectivity index (χ1) is 16.0. The molecule has 0 saturated heterocycles. The lowest BCUT2D eigenvalue weighted by atomic mass is 9.88. The van der Waals surface area contributed by atoms with E-state index in [0.29, 0.717) is 27.7 Å². The molecule has 1 atom stereocenters. The predicted octanol–water partition coefficient (Wildman–Crippen LogP) is 5.64. The van der Waals surface area contributed by atoms with Crippen molar-refractivity contribution in [3.05, 3.63) is 69.9 Å². The zero-order valence-corrected chi connectivity index (χ0v) is 18.5. The number of anilines is 1. The molecule has 0 radical (unpaired) electrons. The third kappa shape index (κ3) is 3.76. The van der Waals surface area contributed by atoms with Gasteiger partial charge in [0.25, 0.3) is 12.3 Å². The standard InChI is InChI=1S/C24H19F2N5OS/c1-13-7-8-15-16(11-27)24(33-20(15)9-13)30-23(32)17-12-28-31-19(21(25)26)10-18(29-22(17)31)14-5-3-2-4-6-14/h2-6,10,12-13,21H,7-9H2,1H3,(H,30,32). The second kappa shape index (κ2) is 8.37. The first-order valence-corrected chi connectivity index (χ1v) is 11.4. The Hall–Kier alpha value is -3.64. The highest BCUT2D eigenvalue weighted by atomic mass is 32.1. The Labute approximate surface area is 192 Å². The van der Waals surface area contributed by atoms with Crippen LogP contribution in [0.4, 0.5) is 13.8 Å². The molecule has 0 fully saturated rings. The summed E-state index contributed by atoms with van der Waals surface area (Å²) < 4.78 is 28.6. The molecular weight excluding hydrogens is 444 g/mol. The van der Waals surface area contributed by atoms with E-state index < -0.39 is 12.3 Å². The number of halogens is 2. The number of carbonyl (C=O) groups is 1. The molecule has 1 N–H and O–H groups in total. The van der Waals surface area contributed by atoms with Crippen molar-refractivity contribution < 1.29 is 13.6 Å². The number of nitriles is 1. The van der Waals surface area contributed by atoms with Gasteiger partial charge in [-0.1, -0.05) is 37.3 Å². The number of nitrogens with one attached hydrogen (secondary N) is 1. The molecule has 5 rings (SSSR count). The minimum absolute atomic E-state index is 0.0394. The molecule has 4 aromatic rings. The van der Waals surface area contributed by atoms with Crippen LogP contribution < -0.4 is 5.32 Å². The molecule has 0 spiro atoms. The van der Waals surface area contributed by atoms with Crippen LogP contribution in [0.1, 0.15) is 51.8 Å². The molecule has 0 aliphatic heterocycles. The molecule has 1 aromatic carbocycles. The number of benzene rings is 1. The van der Waals surface area contributed by atoms with Crippen molar-refractivity contribution in [2.24, 2.45) is 5.92 Å². The van der Waals surface area contributed by atoms with Crippen LogP contribution in [0, 0.1) is 17.2 Å². The summed E-state index contributed by atoms with van der Waals surface area (Å²) in [5, 5.41) is 17.0. The number of hydrogen-bond donors (Lipinski definition) is 1. The fourth-order valence-corrected chi connectivity index (χ4v) is 5.54. The molecule has 9 heteroatoms. The van der Waals surface area contributed by atoms with Crippen LogP contribution in [0.25, 0.3) is 16.9 Å². The highest BCUT2D eigenvalue weighted by Gasteiger charge is 2.26. The fourth-order valence-electron chi connectivity index (χ4n) is 4.19. The maximum atomic E-state index is 13.8. The largest absolute Gasteiger partial charge is 0.312 e. The lowest BCUT2D eigenvalue weighted by Crippen LogP contribution is -2.13. The summed E-state index contributed by atoms with van der Waals surface area (Å²) in [5.74, 6) is -0.00897. The second-order valence-corrected chi connectivity index (χ2v) is 9.25. The summed E-state index contributed by atoms with van der Waals surface area (Å²) in [4.78, 5) is 18.8. The molecule has 3 aromatic heterocycles. The quantitative estimate of drug-likeness (QED) is 0.424. The van der Waals surface area contributed by atoms with E-state index in [1.807, 2.05) is 6.07 Å². The fraction of sp³-hybridized carbons (Fsp3) is 0.250. The molecule has 6 nitrogen and oxygen atoms in total. The van der Waals surface area contributed by atoms with Crippen molar-refractivity contribution in [3.8, 4) is 17.3 Å². The lowest BCUT2D eigenvalue weighted by Gasteiger charge is -2.17. The van der Waals surface area contributed by atoms with Crippen LogP contribution in [-0.2, 0) is 12.8 Å². The predicted molar refractivity (Wildman–Crippen MR) is 122 cm³/mol. The van der Waals surface area contributed by atoms with E-state index in [0.717, 1.165) is 34.2 Å². The van der Waals surface area contributed by atoms with E-state index in [1.165, 1.54) is 23.6 Å². The van der Waals surface area contributed by atoms with E-state index >= 15 is 0 Å². The number of thiophene rings is 1. The van der Waals surface area contributed by atoms with Crippen LogP contribution in [-0.4, -0.2) is 20.5 Å². The SMILES string of the molecule is CC1CCc2c(sc(NC(=O)c3cnn4c(C(F)F)cc(-c5ccccc5)nc34)c2C#N)C1. The smallest absolute Gasteiger partial charge is 0.280 e. The normalized spacial score (nSPS) is 15.4. The van der Waals surface area contributed by atoms with Gasteiger partial charge >= 0.3 is 0 Å². The number of hydrogen-bond acceptors (Lipinski definition) is 5. The zero-order chi connectivity index (χ0) is 23.1. The monoisotopic (exact) mass is 463 g/mol. The average molecular weight is 464 g/mol. The van der Waals surface area contributed by atoms with Crippen molar-refractivity contribution in [1.29, 1.82) is 5.26 Å². The molecule has 1 aliphatic carbocycles. The average Bonchev–Trinajstić information content (AvgIpc) is 3.39. The molecule has 1 amide bonds. The van der Waals surface area contributed by atoms with Gasteiger partial charge in [-0.25, -0.2) is 18.3 Å². The van der Waals surface area contributed by atoms with Crippen LogP contribution in [0.2, 0.25) is 0 Å². The highest BCUT2D eigenvalue weighted by molar-refractivity contribution is 7.16. The number of amides is 1. The third-order valence-electron chi connectivity index (χ3n) is 5.89. The third-order valence-corrected chi connectivity index (χ3v) is 7.06. The number of fused-ring (bicyclic) bond motifs is 2. The second-order valence-electron chi connectivity index (χ2n) is 8.15. The van der Waals surface area contributed by atoms with Crippen molar-refractivity contribution in [1.82, 2.24) is 14.6 Å². The minimum atomic E-state index is -2.80. The van der Waals surface area contributed by atoms with Gasteiger partial charge in [0.2, 0.25) is 0 Å². The van der Waals surface area contributed by atoms with Crippen molar-refractivity contribution in [2.75, 3.05) is 5.32 Å². The Morgan fingerprint density at radius 2 is 2.12 bits per heavy atom. The Morgan fingerprint density at radius 1 is 1.33 bits per heavy atom. The zero-order valence-electron chi connectivity index (χ0n) is 17.7. The van der Waals surface area contributed by atoms with Crippen molar-refractivity contribution >= 4 is 27.9 Å². The van der Waals surface area contributed by atoms with Gasteiger partial charge in [0, 0.05) is 10.4 Å². The molecule has 166 valence electrons. The number of alkyl halides is 2. The molecule has 1 aliphatic rings. The summed E-state index contributed by atoms with van der Waals surface area (Å²) in [7, 11) is 0. The first-order valence-electron chi connectivity index (χ1n) is 10.5. The van der Waals surface area contributed by atoms with E-state index in [9.17, 15) is 18.8 Å². The van der Waals surface area contributed by atoms with Gasteiger partial charge in [-0.3, -0.25) is 4.79 Å². The summed E-state index contributed by atoms with van der Waals surface area (Å²) in [6, 6.07) is 12.4. The van der Waals surface area contributed by atoms with E-state index in [1.54, 1.807) is 24.3 Å². The van der Waals surface area contributed by atoms with E-state index in [4.69, 9.17) is 0 Å². The summed E-state index contributed by atoms with van der Waals surface area (Å²) in [6.45, 7) is 2.17. The maximum absolute atomic E-state index is 13.8. The first kappa shape index (κ1) is 21.2. The Balaban J connectivity index is 1.56. The van der Waals surface area contributed by atoms with Crippen molar-refractivity contribution in [3.63, 3.8) is 0 Å². The molecule has 3 heterocycles. The Morgan fingerprint density at radius 3 is 2.85 bits per heavy atom. The van der Waals surface area contributed by atoms with Crippen LogP contribution in [0.15, 0.2) is 42.6 Å². The van der Waals surface area contributed by atoms with Crippen LogP contribution >= 0.6 is 11.3 Å². The molecule has 33 heavy (non-hydrogen) atoms. The Kier molecular flexibility index (Phi) is 5.38. The summed E-state index contributed by atoms with van der Waals surface area (Å²) in [5.41, 5.74) is 2.22. The number of rotatable bonds is 4. The van der Waals surface area contributed by atoms with Gasteiger partial charge < -0.3 is 5.32 Å². The van der Waals surface area contributed by atoms with Crippen LogP contribution in [0.5, 0.6) is 0 Å². The molecular formula is C24H19F2N5OS. The number of carbonyl (C=O) groups excluding carboxylic acids is 1. The van der Waals surface area contributed by atoms with Gasteiger partial charge in [0.15, 0.2) is 5.65 Å². The van der Waals surface area contributed by atoms with E-state index in [-0.39, 0.29) is 16.9 Å². The number of nitrogens with zero attached hydrogens (tertiary/aromatic N) is 4. The topological polar surface area (TPSA) is 83.1 Å². The van der Waals surface area contributed by atoms with Crippen LogP contribution in [0.3, 0.4) is 0 Å². The Bertz CT molecular complexity index is 1400. The van der Waals surface area contributed by atoms with E-state index in [2.05, 4.69) is 28.4 Å². The summed E-state index contributed by atoms with van der Waals surface area (Å²) in [6.07, 6.45) is 1.12. The van der Waals surface area contributed by atoms with Gasteiger partial charge in [0.1, 0.15) is 22.3 Å². The minimum Gasteiger partial charge on any atom is -0.312 e. The molecule has 0 bridgehead atoms. The lowest BCUT2D eigenvalue weighted by molar-refractivity contribution is 0.102. The summed E-state index contributed by atoms with van der Waals surface area (Å²) >= 11 is 1.41. The maximum Gasteiger partial charge on any atom is 0.280 e. The van der Waals surface area contributed by atoms with Gasteiger partial charge in [-0.15, -0.1) is 11.3 Å². The van der Waals surface area contributed by atoms with Gasteiger partial charge in [-0.2, -0.15) is 10.4 Å². The van der Waals surface area contributed by atoms with Gasteiger partial charge in [-0.05, 0) is 36.8 Å². The number of aromatic nitrogens is 3.